The number of allylic oxidation sites excluding steroid dienone is 18. The molecule has 0 saturated carbocycles. The number of hydrogen-bond donors (Lipinski definition) is 0. The molecular formula is C37H47N3. The fourth-order valence-corrected chi connectivity index (χ4v) is 3.29. The third kappa shape index (κ3) is 12.0. The maximum absolute atomic E-state index is 4.89. The van der Waals surface area contributed by atoms with Gasteiger partial charge in [0.1, 0.15) is 0 Å². The van der Waals surface area contributed by atoms with Crippen LogP contribution in [-0.4, -0.2) is 15.0 Å². The van der Waals surface area contributed by atoms with Crippen LogP contribution < -0.4 is 0 Å². The fourth-order valence-electron chi connectivity index (χ4n) is 3.29. The first-order chi connectivity index (χ1) is 19.6. The second-order valence-electron chi connectivity index (χ2n) is 7.62. The monoisotopic (exact) mass is 533 g/mol. The number of nitrogens with zero attached hydrogens (tertiary/aromatic N) is 3. The zero-order chi connectivity index (χ0) is 30.2. The van der Waals surface area contributed by atoms with Crippen molar-refractivity contribution in [2.75, 3.05) is 0 Å². The maximum atomic E-state index is 4.89. The Balaban J connectivity index is 0.00000363. The molecule has 40 heavy (non-hydrogen) atoms. The Kier molecular flexibility index (Phi) is 20.1. The van der Waals surface area contributed by atoms with Gasteiger partial charge in [-0.05, 0) is 44.9 Å². The number of benzene rings is 1. The van der Waals surface area contributed by atoms with Crippen LogP contribution >= 0.6 is 0 Å². The fraction of sp³-hybridized carbons (Fsp3) is 0.216. The van der Waals surface area contributed by atoms with E-state index in [0.29, 0.717) is 17.5 Å². The highest BCUT2D eigenvalue weighted by atomic mass is 15.0. The van der Waals surface area contributed by atoms with Crippen LogP contribution in [0.2, 0.25) is 0 Å². The molecule has 0 fully saturated rings. The highest BCUT2D eigenvalue weighted by molar-refractivity contribution is 5.79. The van der Waals surface area contributed by atoms with Gasteiger partial charge in [-0.1, -0.05) is 150 Å². The van der Waals surface area contributed by atoms with Crippen molar-refractivity contribution in [3.05, 3.63) is 146 Å². The molecule has 1 aromatic carbocycles. The molecule has 3 heteroatoms. The summed E-state index contributed by atoms with van der Waals surface area (Å²) in [5.41, 5.74) is 4.84. The van der Waals surface area contributed by atoms with E-state index in [2.05, 4.69) is 31.4 Å². The lowest BCUT2D eigenvalue weighted by molar-refractivity contribution is 1.00. The molecule has 0 N–H and O–H groups in total. The zero-order valence-corrected chi connectivity index (χ0v) is 25.7. The van der Waals surface area contributed by atoms with Crippen LogP contribution in [0.5, 0.6) is 0 Å². The van der Waals surface area contributed by atoms with Crippen LogP contribution in [0, 0.1) is 0 Å². The molecule has 0 aliphatic rings. The summed E-state index contributed by atoms with van der Waals surface area (Å²) in [6, 6.07) is 8.23. The summed E-state index contributed by atoms with van der Waals surface area (Å²) in [4.78, 5) is 14.6. The van der Waals surface area contributed by atoms with Gasteiger partial charge in [0.25, 0.3) is 0 Å². The Morgan fingerprint density at radius 1 is 0.625 bits per heavy atom. The van der Waals surface area contributed by atoms with Gasteiger partial charge in [-0.3, -0.25) is 0 Å². The molecule has 1 aromatic heterocycles. The van der Waals surface area contributed by atoms with Gasteiger partial charge in [0.05, 0.1) is 0 Å². The molecule has 0 saturated heterocycles. The largest absolute Gasteiger partial charge is 0.208 e. The van der Waals surface area contributed by atoms with Gasteiger partial charge in [0, 0.05) is 16.7 Å². The minimum absolute atomic E-state index is 0.588. The molecular weight excluding hydrogens is 486 g/mol. The van der Waals surface area contributed by atoms with Gasteiger partial charge in [-0.2, -0.15) is 0 Å². The maximum Gasteiger partial charge on any atom is 0.164 e. The Labute approximate surface area is 243 Å². The Hall–Kier alpha value is -4.37. The van der Waals surface area contributed by atoms with E-state index < -0.39 is 0 Å². The van der Waals surface area contributed by atoms with Gasteiger partial charge in [-0.25, -0.2) is 15.0 Å². The summed E-state index contributed by atoms with van der Waals surface area (Å²) < 4.78 is 0. The van der Waals surface area contributed by atoms with Crippen molar-refractivity contribution in [1.29, 1.82) is 0 Å². The van der Waals surface area contributed by atoms with Crippen molar-refractivity contribution in [2.45, 2.75) is 55.4 Å². The molecule has 2 aromatic rings. The lowest BCUT2D eigenvalue weighted by Gasteiger charge is -2.10. The molecule has 0 aliphatic carbocycles. The van der Waals surface area contributed by atoms with E-state index in [1.807, 2.05) is 140 Å². The first-order valence-corrected chi connectivity index (χ1v) is 14.0. The van der Waals surface area contributed by atoms with Gasteiger partial charge < -0.3 is 0 Å². The summed E-state index contributed by atoms with van der Waals surface area (Å²) in [7, 11) is 0. The van der Waals surface area contributed by atoms with Crippen LogP contribution in [-0.2, 0) is 0 Å². The molecule has 3 nitrogen and oxygen atoms in total. The number of rotatable bonds is 11. The van der Waals surface area contributed by atoms with Gasteiger partial charge in [-0.15, -0.1) is 0 Å². The lowest BCUT2D eigenvalue weighted by atomic mass is 10.0. The van der Waals surface area contributed by atoms with E-state index in [1.54, 1.807) is 12.2 Å². The second-order valence-corrected chi connectivity index (χ2v) is 7.62. The predicted octanol–water partition coefficient (Wildman–Crippen LogP) is 11.0. The van der Waals surface area contributed by atoms with Crippen LogP contribution in [0.3, 0.4) is 0 Å². The third-order valence-corrected chi connectivity index (χ3v) is 5.02. The number of aromatic nitrogens is 3. The lowest BCUT2D eigenvalue weighted by Crippen LogP contribution is -2.04. The quantitative estimate of drug-likeness (QED) is 0.270. The summed E-state index contributed by atoms with van der Waals surface area (Å²) in [6.07, 6.45) is 29.3. The molecule has 0 aliphatic heterocycles. The van der Waals surface area contributed by atoms with Crippen LogP contribution in [0.1, 0.15) is 72.6 Å². The Bertz CT molecular complexity index is 1290. The van der Waals surface area contributed by atoms with Crippen molar-refractivity contribution in [3.8, 4) is 11.4 Å². The normalized spacial score (nSPS) is 12.7. The first kappa shape index (κ1) is 35.6. The summed E-state index contributed by atoms with van der Waals surface area (Å²) >= 11 is 0. The highest BCUT2D eigenvalue weighted by Crippen LogP contribution is 2.25. The van der Waals surface area contributed by atoms with Crippen molar-refractivity contribution in [2.24, 2.45) is 0 Å². The van der Waals surface area contributed by atoms with Crippen molar-refractivity contribution >= 4 is 16.7 Å². The Morgan fingerprint density at radius 2 is 1.15 bits per heavy atom. The summed E-state index contributed by atoms with van der Waals surface area (Å²) in [5, 5.41) is 0. The minimum atomic E-state index is 0.588. The smallest absolute Gasteiger partial charge is 0.164 e. The van der Waals surface area contributed by atoms with E-state index in [9.17, 15) is 0 Å². The summed E-state index contributed by atoms with van der Waals surface area (Å²) in [5.74, 6) is 1.80. The van der Waals surface area contributed by atoms with E-state index >= 15 is 0 Å². The van der Waals surface area contributed by atoms with Crippen LogP contribution in [0.4, 0.5) is 0 Å². The molecule has 210 valence electrons. The minimum Gasteiger partial charge on any atom is -0.208 e. The summed E-state index contributed by atoms with van der Waals surface area (Å²) in [6.45, 7) is 23.5. The van der Waals surface area contributed by atoms with E-state index in [-0.39, 0.29) is 0 Å². The average Bonchev–Trinajstić information content (AvgIpc) is 3.01. The van der Waals surface area contributed by atoms with E-state index in [4.69, 9.17) is 15.0 Å². The standard InChI is InChI=1S/C33H35N3.2C2H6/c1-7-13-19-26(12-6)29-23-17-24-30(25-29)33-35-31(27(18-11-5)20-14-8-2)34-32(36-33)28(21-15-9-3)22-16-10-4;2*1-2/h7-25H,1,3H2,2,4-6H3;2*1-2H3/b14-8-,16-10-,18-11-,19-13-,21-15-,26-12+,27-20+,28-22+;;. The topological polar surface area (TPSA) is 38.7 Å². The van der Waals surface area contributed by atoms with Crippen LogP contribution in [0.15, 0.2) is 129 Å². The molecule has 0 spiro atoms. The number of hydrogen-bond acceptors (Lipinski definition) is 3. The van der Waals surface area contributed by atoms with Crippen molar-refractivity contribution in [1.82, 2.24) is 15.0 Å². The molecule has 0 bridgehead atoms. The van der Waals surface area contributed by atoms with E-state index in [0.717, 1.165) is 27.8 Å². The van der Waals surface area contributed by atoms with Crippen molar-refractivity contribution in [3.63, 3.8) is 0 Å². The van der Waals surface area contributed by atoms with Crippen molar-refractivity contribution < 1.29 is 0 Å². The SMILES string of the molecule is C=C/C=C\C(=C/C)c1cccc(-c2nc(C(/C=C\C)=C/C=C\C)nc(C(/C=C\C=C)=C/C=C\C)n2)c1.CC.CC. The molecule has 0 radical (unpaired) electrons. The molecule has 0 atom stereocenters. The molecule has 0 unspecified atom stereocenters. The Morgan fingerprint density at radius 3 is 1.62 bits per heavy atom. The molecule has 0 amide bonds. The average molecular weight is 534 g/mol. The van der Waals surface area contributed by atoms with Gasteiger partial charge in [0.2, 0.25) is 0 Å². The van der Waals surface area contributed by atoms with E-state index in [1.165, 1.54) is 0 Å². The van der Waals surface area contributed by atoms with Gasteiger partial charge >= 0.3 is 0 Å². The first-order valence-electron chi connectivity index (χ1n) is 14.0. The van der Waals surface area contributed by atoms with Crippen LogP contribution in [0.25, 0.3) is 28.1 Å². The molecule has 1 heterocycles. The third-order valence-electron chi connectivity index (χ3n) is 5.02. The predicted molar refractivity (Wildman–Crippen MR) is 181 cm³/mol. The highest BCUT2D eigenvalue weighted by Gasteiger charge is 2.13. The zero-order valence-electron chi connectivity index (χ0n) is 25.7. The molecule has 2 rings (SSSR count). The second kappa shape index (κ2) is 22.6. The van der Waals surface area contributed by atoms with Gasteiger partial charge in [0.15, 0.2) is 17.5 Å².